The monoisotopic (exact) mass is 274 g/mol. The number of amides is 1. The number of likely N-dealkylation sites (tertiary alicyclic amines) is 1. The molecule has 1 aliphatic heterocycles. The highest BCUT2D eigenvalue weighted by Crippen LogP contribution is 2.08. The van der Waals surface area contributed by atoms with Gasteiger partial charge in [-0.05, 0) is 12.1 Å². The Morgan fingerprint density at radius 1 is 1.30 bits per heavy atom. The predicted molar refractivity (Wildman–Crippen MR) is 75.3 cm³/mol. The van der Waals surface area contributed by atoms with E-state index in [9.17, 15) is 4.79 Å². The molecule has 2 N–H and O–H groups in total. The third-order valence-corrected chi connectivity index (χ3v) is 3.82. The Bertz CT molecular complexity index is 588. The first-order chi connectivity index (χ1) is 9.83. The molecule has 0 bridgehead atoms. The molecule has 6 heteroatoms. The molecule has 3 rings (SSSR count). The lowest BCUT2D eigenvalue weighted by atomic mass is 10.3. The molecule has 1 aromatic heterocycles. The number of nitrogens with one attached hydrogen (secondary N) is 2. The molecule has 1 aliphatic rings. The van der Waals surface area contributed by atoms with Crippen LogP contribution in [0.3, 0.4) is 0 Å². The Kier molecular flexibility index (Phi) is 3.92. The minimum absolute atomic E-state index is 0.000694. The van der Waals surface area contributed by atoms with Crippen LogP contribution in [-0.4, -0.2) is 47.1 Å². The van der Waals surface area contributed by atoms with Gasteiger partial charge in [-0.2, -0.15) is 0 Å². The minimum atomic E-state index is -0.000694. The van der Waals surface area contributed by atoms with Gasteiger partial charge in [0.1, 0.15) is 12.1 Å². The summed E-state index contributed by atoms with van der Waals surface area (Å²) in [5.74, 6) is -0.000694. The van der Waals surface area contributed by atoms with Crippen LogP contribution >= 0.6 is 0 Å². The van der Waals surface area contributed by atoms with Crippen LogP contribution in [0, 0.1) is 0 Å². The molecule has 1 saturated heterocycles. The molecule has 106 valence electrons. The fraction of sp³-hybridized carbons (Fsp3) is 0.500. The number of benzene rings is 1. The Hall–Kier alpha value is -1.95. The van der Waals surface area contributed by atoms with Crippen molar-refractivity contribution in [1.82, 2.24) is 20.3 Å². The molecule has 6 nitrogen and oxygen atoms in total. The second-order valence-electron chi connectivity index (χ2n) is 5.29. The first kappa shape index (κ1) is 13.1. The lowest BCUT2D eigenvalue weighted by Crippen LogP contribution is -3.10. The number of carbonyl (C=O) groups excluding carboxylic acids is 1. The normalized spacial score (nSPS) is 15.8. The minimum Gasteiger partial charge on any atom is -0.349 e. The maximum Gasteiger partial charge on any atom is 0.242 e. The molecule has 0 spiro atoms. The summed E-state index contributed by atoms with van der Waals surface area (Å²) >= 11 is 0. The van der Waals surface area contributed by atoms with Crippen LogP contribution in [0.15, 0.2) is 24.3 Å². The summed E-state index contributed by atoms with van der Waals surface area (Å²) in [4.78, 5) is 13.5. The SMILES string of the molecule is O=C(Cn1nnc2ccccc21)NCC[NH+]1CCCC1. The van der Waals surface area contributed by atoms with Gasteiger partial charge in [0.15, 0.2) is 0 Å². The molecular formula is C14H20N5O+. The topological polar surface area (TPSA) is 64.2 Å². The third kappa shape index (κ3) is 2.96. The summed E-state index contributed by atoms with van der Waals surface area (Å²) < 4.78 is 1.65. The Morgan fingerprint density at radius 2 is 2.10 bits per heavy atom. The summed E-state index contributed by atoms with van der Waals surface area (Å²) in [5.41, 5.74) is 1.72. The van der Waals surface area contributed by atoms with E-state index >= 15 is 0 Å². The highest BCUT2D eigenvalue weighted by atomic mass is 16.2. The van der Waals surface area contributed by atoms with Crippen LogP contribution in [0.1, 0.15) is 12.8 Å². The zero-order valence-corrected chi connectivity index (χ0v) is 11.5. The number of nitrogens with zero attached hydrogens (tertiary/aromatic N) is 3. The fourth-order valence-corrected chi connectivity index (χ4v) is 2.73. The predicted octanol–water partition coefficient (Wildman–Crippen LogP) is -0.774. The van der Waals surface area contributed by atoms with E-state index in [4.69, 9.17) is 0 Å². The average molecular weight is 274 g/mol. The first-order valence-corrected chi connectivity index (χ1v) is 7.21. The molecule has 20 heavy (non-hydrogen) atoms. The van der Waals surface area contributed by atoms with Crippen molar-refractivity contribution in [2.75, 3.05) is 26.2 Å². The van der Waals surface area contributed by atoms with E-state index < -0.39 is 0 Å². The van der Waals surface area contributed by atoms with E-state index in [1.807, 2.05) is 24.3 Å². The van der Waals surface area contributed by atoms with Crippen LogP contribution < -0.4 is 10.2 Å². The van der Waals surface area contributed by atoms with Crippen molar-refractivity contribution >= 4 is 16.9 Å². The average Bonchev–Trinajstić information content (AvgIpc) is 3.09. The second kappa shape index (κ2) is 6.00. The summed E-state index contributed by atoms with van der Waals surface area (Å²) in [6, 6.07) is 7.67. The van der Waals surface area contributed by atoms with Crippen molar-refractivity contribution in [3.05, 3.63) is 24.3 Å². The second-order valence-corrected chi connectivity index (χ2v) is 5.29. The van der Waals surface area contributed by atoms with Crippen molar-refractivity contribution in [2.24, 2.45) is 0 Å². The van der Waals surface area contributed by atoms with Gasteiger partial charge >= 0.3 is 0 Å². The Labute approximate surface area is 117 Å². The molecule has 2 heterocycles. The van der Waals surface area contributed by atoms with Gasteiger partial charge in [0.05, 0.1) is 31.7 Å². The quantitative estimate of drug-likeness (QED) is 0.752. The summed E-state index contributed by atoms with van der Waals surface area (Å²) in [6.07, 6.45) is 2.63. The van der Waals surface area contributed by atoms with Crippen LogP contribution in [0.4, 0.5) is 0 Å². The van der Waals surface area contributed by atoms with Gasteiger partial charge in [0.25, 0.3) is 0 Å². The molecule has 0 atom stereocenters. The van der Waals surface area contributed by atoms with E-state index in [-0.39, 0.29) is 12.5 Å². The van der Waals surface area contributed by atoms with Crippen LogP contribution in [0.5, 0.6) is 0 Å². The Morgan fingerprint density at radius 3 is 2.95 bits per heavy atom. The van der Waals surface area contributed by atoms with Gasteiger partial charge < -0.3 is 10.2 Å². The first-order valence-electron chi connectivity index (χ1n) is 7.21. The molecule has 1 amide bonds. The number of para-hydroxylation sites is 1. The molecule has 1 aromatic carbocycles. The maximum atomic E-state index is 11.9. The third-order valence-electron chi connectivity index (χ3n) is 3.82. The highest BCUT2D eigenvalue weighted by Gasteiger charge is 2.15. The van der Waals surface area contributed by atoms with Gasteiger partial charge in [0.2, 0.25) is 5.91 Å². The molecule has 0 saturated carbocycles. The van der Waals surface area contributed by atoms with Crippen molar-refractivity contribution in [3.8, 4) is 0 Å². The highest BCUT2D eigenvalue weighted by molar-refractivity contribution is 5.79. The van der Waals surface area contributed by atoms with Crippen molar-refractivity contribution in [2.45, 2.75) is 19.4 Å². The smallest absolute Gasteiger partial charge is 0.242 e. The van der Waals surface area contributed by atoms with E-state index in [2.05, 4.69) is 15.6 Å². The van der Waals surface area contributed by atoms with Gasteiger partial charge in [-0.25, -0.2) is 4.68 Å². The van der Waals surface area contributed by atoms with Crippen LogP contribution in [0.2, 0.25) is 0 Å². The van der Waals surface area contributed by atoms with E-state index in [0.29, 0.717) is 0 Å². The maximum absolute atomic E-state index is 11.9. The fourth-order valence-electron chi connectivity index (χ4n) is 2.73. The summed E-state index contributed by atoms with van der Waals surface area (Å²) in [5, 5.41) is 11.0. The standard InChI is InChI=1S/C14H19N5O/c20-14(15-7-10-18-8-3-4-9-18)11-19-13-6-2-1-5-12(13)16-17-19/h1-2,5-6H,3-4,7-11H2,(H,15,20)/p+1. The number of rotatable bonds is 5. The van der Waals surface area contributed by atoms with Crippen molar-refractivity contribution in [1.29, 1.82) is 0 Å². The number of hydrogen-bond donors (Lipinski definition) is 2. The zero-order chi connectivity index (χ0) is 13.8. The molecule has 0 aliphatic carbocycles. The van der Waals surface area contributed by atoms with Gasteiger partial charge in [-0.1, -0.05) is 17.3 Å². The van der Waals surface area contributed by atoms with Crippen LogP contribution in [-0.2, 0) is 11.3 Å². The molecule has 0 unspecified atom stereocenters. The van der Waals surface area contributed by atoms with Crippen molar-refractivity contribution < 1.29 is 9.69 Å². The zero-order valence-electron chi connectivity index (χ0n) is 11.5. The number of carbonyl (C=O) groups is 1. The summed E-state index contributed by atoms with van der Waals surface area (Å²) in [6.45, 7) is 4.47. The molecule has 2 aromatic rings. The Balaban J connectivity index is 1.50. The lowest BCUT2D eigenvalue weighted by molar-refractivity contribution is -0.886. The molecule has 0 radical (unpaired) electrons. The van der Waals surface area contributed by atoms with E-state index in [1.54, 1.807) is 9.58 Å². The van der Waals surface area contributed by atoms with E-state index in [1.165, 1.54) is 25.9 Å². The summed E-state index contributed by atoms with van der Waals surface area (Å²) in [7, 11) is 0. The number of quaternary nitrogens is 1. The molecule has 1 fully saturated rings. The van der Waals surface area contributed by atoms with Gasteiger partial charge in [0, 0.05) is 12.8 Å². The lowest BCUT2D eigenvalue weighted by Gasteiger charge is -2.12. The number of fused-ring (bicyclic) bond motifs is 1. The number of aromatic nitrogens is 3. The van der Waals surface area contributed by atoms with Gasteiger partial charge in [-0.15, -0.1) is 5.10 Å². The largest absolute Gasteiger partial charge is 0.349 e. The van der Waals surface area contributed by atoms with Crippen LogP contribution in [0.25, 0.3) is 11.0 Å². The molecular weight excluding hydrogens is 254 g/mol. The van der Waals surface area contributed by atoms with Crippen molar-refractivity contribution in [3.63, 3.8) is 0 Å². The van der Waals surface area contributed by atoms with E-state index in [0.717, 1.165) is 24.1 Å². The number of hydrogen-bond acceptors (Lipinski definition) is 3. The van der Waals surface area contributed by atoms with Gasteiger partial charge in [-0.3, -0.25) is 4.79 Å².